The van der Waals surface area contributed by atoms with Crippen molar-refractivity contribution >= 4 is 38.6 Å². The number of hydrogen-bond donors (Lipinski definition) is 0. The highest BCUT2D eigenvalue weighted by Gasteiger charge is 2.33. The number of rotatable bonds is 4. The van der Waals surface area contributed by atoms with Gasteiger partial charge in [0.15, 0.2) is 11.8 Å². The molecule has 3 heterocycles. The zero-order valence-electron chi connectivity index (χ0n) is 16.6. The van der Waals surface area contributed by atoms with Crippen LogP contribution in [0.2, 0.25) is 0 Å². The Kier molecular flexibility index (Phi) is 4.97. The van der Waals surface area contributed by atoms with E-state index in [0.29, 0.717) is 28.4 Å². The molecule has 0 saturated carbocycles. The van der Waals surface area contributed by atoms with Gasteiger partial charge in [0.25, 0.3) is 15.9 Å². The second-order valence-electron chi connectivity index (χ2n) is 7.15. The minimum atomic E-state index is -3.45. The lowest BCUT2D eigenvalue weighted by Gasteiger charge is -2.22. The molecule has 9 nitrogen and oxygen atoms in total. The molecule has 0 bridgehead atoms. The van der Waals surface area contributed by atoms with Crippen LogP contribution in [-0.2, 0) is 21.4 Å². The lowest BCUT2D eigenvalue weighted by atomic mass is 10.1. The number of esters is 1. The number of carbonyl (C=O) groups excluding carboxylic acids is 1. The highest BCUT2D eigenvalue weighted by atomic mass is 32.2. The van der Waals surface area contributed by atoms with Gasteiger partial charge in [0.2, 0.25) is 5.82 Å². The first kappa shape index (κ1) is 20.6. The van der Waals surface area contributed by atoms with Crippen molar-refractivity contribution in [1.82, 2.24) is 10.1 Å². The molecular formula is C20H15FN4O5S2. The predicted octanol–water partition coefficient (Wildman–Crippen LogP) is 3.15. The van der Waals surface area contributed by atoms with E-state index >= 15 is 0 Å². The molecule has 0 radical (unpaired) electrons. The van der Waals surface area contributed by atoms with Gasteiger partial charge >= 0.3 is 5.97 Å². The number of thioether (sulfide) groups is 1. The van der Waals surface area contributed by atoms with E-state index in [2.05, 4.69) is 14.5 Å². The van der Waals surface area contributed by atoms with Gasteiger partial charge in [-0.25, -0.2) is 17.6 Å². The second kappa shape index (κ2) is 7.71. The van der Waals surface area contributed by atoms with Gasteiger partial charge in [-0.05, 0) is 48.5 Å². The number of aryl methyl sites for hydroxylation is 1. The van der Waals surface area contributed by atoms with Gasteiger partial charge in [-0.15, -0.1) is 4.40 Å². The zero-order chi connectivity index (χ0) is 22.5. The predicted molar refractivity (Wildman–Crippen MR) is 114 cm³/mol. The molecule has 12 heteroatoms. The van der Waals surface area contributed by atoms with Crippen molar-refractivity contribution in [2.45, 2.75) is 18.4 Å². The monoisotopic (exact) mass is 474 g/mol. The molecule has 0 fully saturated rings. The van der Waals surface area contributed by atoms with Crippen molar-refractivity contribution in [2.24, 2.45) is 4.40 Å². The maximum atomic E-state index is 13.7. The number of fused-ring (bicyclic) bond motifs is 3. The van der Waals surface area contributed by atoms with E-state index < -0.39 is 16.0 Å². The summed E-state index contributed by atoms with van der Waals surface area (Å²) in [5.41, 5.74) is 2.04. The van der Waals surface area contributed by atoms with Crippen LogP contribution >= 0.6 is 11.8 Å². The van der Waals surface area contributed by atoms with Crippen LogP contribution in [0.5, 0.6) is 0 Å². The fourth-order valence-electron chi connectivity index (χ4n) is 3.23. The number of halogens is 1. The van der Waals surface area contributed by atoms with Crippen molar-refractivity contribution < 1.29 is 26.9 Å². The van der Waals surface area contributed by atoms with Crippen molar-refractivity contribution in [2.75, 3.05) is 17.2 Å². The van der Waals surface area contributed by atoms with Crippen LogP contribution in [0.25, 0.3) is 11.4 Å². The molecule has 32 heavy (non-hydrogen) atoms. The number of amidine groups is 1. The van der Waals surface area contributed by atoms with Crippen molar-refractivity contribution in [3.63, 3.8) is 0 Å². The van der Waals surface area contributed by atoms with Gasteiger partial charge < -0.3 is 14.2 Å². The third-order valence-electron chi connectivity index (χ3n) is 4.93. The summed E-state index contributed by atoms with van der Waals surface area (Å²) in [4.78, 5) is 19.1. The molecule has 0 spiro atoms. The molecule has 5 rings (SSSR count). The summed E-state index contributed by atoms with van der Waals surface area (Å²) in [5.74, 6) is -0.775. The van der Waals surface area contributed by atoms with E-state index in [0.717, 1.165) is 10.6 Å². The quantitative estimate of drug-likeness (QED) is 0.526. The van der Waals surface area contributed by atoms with Crippen LogP contribution in [0, 0.1) is 12.7 Å². The minimum absolute atomic E-state index is 0.0539. The molecular weight excluding hydrogens is 459 g/mol. The molecule has 2 aromatic carbocycles. The first-order valence-electron chi connectivity index (χ1n) is 9.47. The van der Waals surface area contributed by atoms with Crippen molar-refractivity contribution in [1.29, 1.82) is 0 Å². The van der Waals surface area contributed by atoms with Crippen LogP contribution in [0.15, 0.2) is 50.2 Å². The van der Waals surface area contributed by atoms with Crippen LogP contribution in [0.1, 0.15) is 21.8 Å². The van der Waals surface area contributed by atoms with Gasteiger partial charge in [-0.1, -0.05) is 17.3 Å². The fraction of sp³-hybridized carbons (Fsp3) is 0.200. The van der Waals surface area contributed by atoms with Crippen molar-refractivity contribution in [3.8, 4) is 11.4 Å². The van der Waals surface area contributed by atoms with E-state index in [1.54, 1.807) is 37.3 Å². The molecule has 0 saturated heterocycles. The van der Waals surface area contributed by atoms with Gasteiger partial charge in [0.1, 0.15) is 5.82 Å². The highest BCUT2D eigenvalue weighted by Crippen LogP contribution is 2.42. The Morgan fingerprint density at radius 1 is 1.28 bits per heavy atom. The molecule has 1 aromatic heterocycles. The number of ether oxygens (including phenoxy) is 1. The minimum Gasteiger partial charge on any atom is -0.452 e. The normalized spacial score (nSPS) is 16.3. The van der Waals surface area contributed by atoms with E-state index in [9.17, 15) is 17.6 Å². The summed E-state index contributed by atoms with van der Waals surface area (Å²) < 4.78 is 51.3. The summed E-state index contributed by atoms with van der Waals surface area (Å²) in [6.45, 7) is 1.72. The number of carbonyl (C=O) groups is 1. The molecule has 0 N–H and O–H groups in total. The Balaban J connectivity index is 1.27. The molecule has 2 aliphatic heterocycles. The topological polar surface area (TPSA) is 115 Å². The number of sulfonamides is 1. The maximum Gasteiger partial charge on any atom is 0.338 e. The van der Waals surface area contributed by atoms with E-state index in [-0.39, 0.29) is 29.9 Å². The third-order valence-corrected chi connectivity index (χ3v) is 7.24. The Morgan fingerprint density at radius 3 is 2.94 bits per heavy atom. The van der Waals surface area contributed by atoms with E-state index in [1.807, 2.05) is 4.90 Å². The Hall–Kier alpha value is -3.25. The Labute approximate surface area is 186 Å². The van der Waals surface area contributed by atoms with E-state index in [4.69, 9.17) is 9.26 Å². The molecule has 164 valence electrons. The van der Waals surface area contributed by atoms with Crippen LogP contribution in [0.4, 0.5) is 10.1 Å². The zero-order valence-corrected chi connectivity index (χ0v) is 18.2. The largest absolute Gasteiger partial charge is 0.452 e. The second-order valence-corrected chi connectivity index (χ2v) is 9.91. The molecule has 2 aliphatic rings. The van der Waals surface area contributed by atoms with E-state index in [1.165, 1.54) is 17.8 Å². The van der Waals surface area contributed by atoms with Gasteiger partial charge in [-0.3, -0.25) is 0 Å². The Morgan fingerprint density at radius 2 is 2.12 bits per heavy atom. The van der Waals surface area contributed by atoms with Gasteiger partial charge in [0, 0.05) is 17.0 Å². The number of anilines is 1. The summed E-state index contributed by atoms with van der Waals surface area (Å²) >= 11 is 1.19. The van der Waals surface area contributed by atoms with Crippen LogP contribution < -0.4 is 4.90 Å². The molecule has 3 aromatic rings. The number of benzene rings is 2. The average molecular weight is 474 g/mol. The maximum absolute atomic E-state index is 13.7. The molecule has 0 aliphatic carbocycles. The molecule has 0 amide bonds. The third kappa shape index (κ3) is 3.86. The SMILES string of the molecule is Cc1ccc(-c2noc(COC(=O)c3ccc4c(c3)SC3=NS(=O)(=O)CCN34)n2)cc1F. The van der Waals surface area contributed by atoms with Gasteiger partial charge in [-0.2, -0.15) is 4.98 Å². The first-order chi connectivity index (χ1) is 15.3. The lowest BCUT2D eigenvalue weighted by molar-refractivity contribution is 0.0429. The lowest BCUT2D eigenvalue weighted by Crippen LogP contribution is -2.35. The summed E-state index contributed by atoms with van der Waals surface area (Å²) in [7, 11) is -3.45. The van der Waals surface area contributed by atoms with Crippen molar-refractivity contribution in [3.05, 3.63) is 59.2 Å². The standard InChI is InChI=1S/C20H15FN4O5S2/c1-11-2-3-12(8-14(11)21)18-22-17(30-23-18)10-29-19(26)13-4-5-15-16(9-13)31-20-24-32(27,28)7-6-25(15)20/h2-5,8-9H,6-7,10H2,1H3. The number of nitrogens with zero attached hydrogens (tertiary/aromatic N) is 4. The van der Waals surface area contributed by atoms with Crippen LogP contribution in [-0.4, -0.2) is 42.0 Å². The highest BCUT2D eigenvalue weighted by molar-refractivity contribution is 8.15. The number of hydrogen-bond acceptors (Lipinski definition) is 9. The molecule has 0 atom stereocenters. The summed E-state index contributed by atoms with van der Waals surface area (Å²) in [5, 5.41) is 4.17. The van der Waals surface area contributed by atoms with Gasteiger partial charge in [0.05, 0.1) is 17.0 Å². The number of aromatic nitrogens is 2. The average Bonchev–Trinajstić information content (AvgIpc) is 3.36. The smallest absolute Gasteiger partial charge is 0.338 e. The Bertz CT molecular complexity index is 1390. The first-order valence-corrected chi connectivity index (χ1v) is 11.9. The fourth-order valence-corrected chi connectivity index (χ4v) is 5.53. The van der Waals surface area contributed by atoms with Crippen LogP contribution in [0.3, 0.4) is 0 Å². The summed E-state index contributed by atoms with van der Waals surface area (Å²) in [6.07, 6.45) is 0. The summed E-state index contributed by atoms with van der Waals surface area (Å²) in [6, 6.07) is 9.55. The molecule has 0 unspecified atom stereocenters.